The molecular formula is C13H16N5O3+. The number of hydrogen-bond acceptors (Lipinski definition) is 4. The lowest BCUT2D eigenvalue weighted by Crippen LogP contribution is -2.49. The van der Waals surface area contributed by atoms with Crippen molar-refractivity contribution in [3.8, 4) is 0 Å². The largest absolute Gasteiger partial charge is 0.465 e. The fourth-order valence-electron chi connectivity index (χ4n) is 2.48. The molecular weight excluding hydrogens is 274 g/mol. The molecule has 0 aromatic carbocycles. The number of nitrogens with zero attached hydrogens (tertiary/aromatic N) is 4. The number of carbonyl (C=O) groups is 1. The third kappa shape index (κ3) is 2.39. The van der Waals surface area contributed by atoms with Gasteiger partial charge in [-0.2, -0.15) is 0 Å². The number of pyridine rings is 1. The number of anilines is 1. The first-order chi connectivity index (χ1) is 10.1. The van der Waals surface area contributed by atoms with E-state index in [1.807, 2.05) is 18.1 Å². The van der Waals surface area contributed by atoms with E-state index in [2.05, 4.69) is 9.97 Å². The highest BCUT2D eigenvalue weighted by atomic mass is 16.4. The van der Waals surface area contributed by atoms with Gasteiger partial charge in [0.1, 0.15) is 5.39 Å². The first kappa shape index (κ1) is 13.3. The Morgan fingerprint density at radius 3 is 2.76 bits per heavy atom. The fourth-order valence-corrected chi connectivity index (χ4v) is 2.48. The van der Waals surface area contributed by atoms with Gasteiger partial charge in [0, 0.05) is 26.2 Å². The van der Waals surface area contributed by atoms with Gasteiger partial charge in [-0.15, -0.1) is 0 Å². The van der Waals surface area contributed by atoms with Crippen LogP contribution in [0.2, 0.25) is 0 Å². The monoisotopic (exact) mass is 290 g/mol. The number of hydrogen-bond donors (Lipinski definition) is 2. The second-order valence-corrected chi connectivity index (χ2v) is 5.00. The van der Waals surface area contributed by atoms with Crippen LogP contribution in [-0.4, -0.2) is 52.2 Å². The molecule has 110 valence electrons. The molecule has 8 heteroatoms. The van der Waals surface area contributed by atoms with Crippen molar-refractivity contribution in [1.82, 2.24) is 14.9 Å². The molecule has 2 aromatic rings. The van der Waals surface area contributed by atoms with Crippen LogP contribution in [0.4, 0.5) is 10.7 Å². The van der Waals surface area contributed by atoms with Crippen molar-refractivity contribution in [2.75, 3.05) is 31.1 Å². The zero-order chi connectivity index (χ0) is 15.0. The second kappa shape index (κ2) is 5.04. The maximum absolute atomic E-state index is 12.1. The molecule has 1 amide bonds. The number of aromatic nitrogens is 3. The lowest BCUT2D eigenvalue weighted by Gasteiger charge is -2.31. The van der Waals surface area contributed by atoms with Gasteiger partial charge in [-0.3, -0.25) is 9.78 Å². The summed E-state index contributed by atoms with van der Waals surface area (Å²) in [7, 11) is 1.83. The third-order valence-electron chi connectivity index (χ3n) is 3.68. The number of H-pyrrole nitrogens is 1. The fraction of sp³-hybridized carbons (Fsp3) is 0.385. The molecule has 0 bridgehead atoms. The molecule has 3 heterocycles. The minimum absolute atomic E-state index is 0.188. The Balaban J connectivity index is 1.94. The Labute approximate surface area is 120 Å². The molecule has 2 N–H and O–H groups in total. The average Bonchev–Trinajstić information content (AvgIpc) is 2.48. The number of fused-ring (bicyclic) bond motifs is 1. The normalized spacial score (nSPS) is 15.5. The maximum Gasteiger partial charge on any atom is 0.407 e. The summed E-state index contributed by atoms with van der Waals surface area (Å²) in [4.78, 5) is 33.5. The van der Waals surface area contributed by atoms with E-state index in [4.69, 9.17) is 5.11 Å². The van der Waals surface area contributed by atoms with Gasteiger partial charge in [0.15, 0.2) is 0 Å². The summed E-state index contributed by atoms with van der Waals surface area (Å²) in [5, 5.41) is 9.48. The lowest BCUT2D eigenvalue weighted by atomic mass is 10.3. The predicted octanol–water partition coefficient (Wildman–Crippen LogP) is -0.452. The van der Waals surface area contributed by atoms with E-state index < -0.39 is 6.09 Å². The highest BCUT2D eigenvalue weighted by Crippen LogP contribution is 2.11. The molecule has 21 heavy (non-hydrogen) atoms. The summed E-state index contributed by atoms with van der Waals surface area (Å²) >= 11 is 0. The SMILES string of the molecule is C[n+]1cccc2c(=O)[nH]c(N3CCN(C(=O)O)CC3)nc21. The Morgan fingerprint density at radius 2 is 2.10 bits per heavy atom. The highest BCUT2D eigenvalue weighted by Gasteiger charge is 2.25. The van der Waals surface area contributed by atoms with E-state index in [0.29, 0.717) is 43.2 Å². The van der Waals surface area contributed by atoms with Crippen LogP contribution in [0.25, 0.3) is 11.0 Å². The molecule has 0 spiro atoms. The molecule has 0 saturated carbocycles. The minimum Gasteiger partial charge on any atom is -0.465 e. The summed E-state index contributed by atoms with van der Waals surface area (Å²) < 4.78 is 1.79. The first-order valence-electron chi connectivity index (χ1n) is 6.68. The van der Waals surface area contributed by atoms with Gasteiger partial charge >= 0.3 is 17.7 Å². The van der Waals surface area contributed by atoms with Gasteiger partial charge in [0.2, 0.25) is 0 Å². The Hall–Kier alpha value is -2.64. The van der Waals surface area contributed by atoms with Crippen LogP contribution in [0.15, 0.2) is 23.1 Å². The zero-order valence-electron chi connectivity index (χ0n) is 11.6. The Kier molecular flexibility index (Phi) is 3.20. The van der Waals surface area contributed by atoms with Crippen LogP contribution in [0, 0.1) is 0 Å². The summed E-state index contributed by atoms with van der Waals surface area (Å²) in [6.07, 6.45) is 0.919. The van der Waals surface area contributed by atoms with Crippen molar-refractivity contribution in [3.63, 3.8) is 0 Å². The Bertz CT molecular complexity index is 749. The third-order valence-corrected chi connectivity index (χ3v) is 3.68. The molecule has 3 rings (SSSR count). The van der Waals surface area contributed by atoms with Crippen molar-refractivity contribution in [2.24, 2.45) is 7.05 Å². The molecule has 2 aromatic heterocycles. The average molecular weight is 290 g/mol. The van der Waals surface area contributed by atoms with Crippen LogP contribution >= 0.6 is 0 Å². The molecule has 1 saturated heterocycles. The van der Waals surface area contributed by atoms with Crippen LogP contribution in [0.5, 0.6) is 0 Å². The van der Waals surface area contributed by atoms with Crippen molar-refractivity contribution in [1.29, 1.82) is 0 Å². The molecule has 8 nitrogen and oxygen atoms in total. The number of rotatable bonds is 1. The number of nitrogens with one attached hydrogen (secondary N) is 1. The van der Waals surface area contributed by atoms with E-state index in [1.165, 1.54) is 4.90 Å². The van der Waals surface area contributed by atoms with Crippen molar-refractivity contribution >= 4 is 23.1 Å². The van der Waals surface area contributed by atoms with Crippen molar-refractivity contribution in [3.05, 3.63) is 28.7 Å². The van der Waals surface area contributed by atoms with E-state index in [9.17, 15) is 9.59 Å². The standard InChI is InChI=1S/C13H15N5O3/c1-16-4-2-3-9-10(16)14-12(15-11(9)19)17-5-7-18(8-6-17)13(20)21/h2-4H,5-8H2,1H3,(H,20,21)/p+1. The molecule has 0 aliphatic carbocycles. The highest BCUT2D eigenvalue weighted by molar-refractivity contribution is 5.71. The van der Waals surface area contributed by atoms with E-state index in [0.717, 1.165) is 0 Å². The summed E-state index contributed by atoms with van der Waals surface area (Å²) in [6.45, 7) is 1.82. The van der Waals surface area contributed by atoms with E-state index in [-0.39, 0.29) is 5.56 Å². The summed E-state index contributed by atoms with van der Waals surface area (Å²) in [6, 6.07) is 3.53. The number of amides is 1. The summed E-state index contributed by atoms with van der Waals surface area (Å²) in [5.74, 6) is 0.485. The van der Waals surface area contributed by atoms with Gasteiger partial charge in [0.25, 0.3) is 5.56 Å². The number of aromatic amines is 1. The number of aryl methyl sites for hydroxylation is 1. The molecule has 1 aliphatic rings. The van der Waals surface area contributed by atoms with E-state index in [1.54, 1.807) is 16.7 Å². The first-order valence-corrected chi connectivity index (χ1v) is 6.68. The van der Waals surface area contributed by atoms with Gasteiger partial charge in [-0.25, -0.2) is 9.36 Å². The molecule has 1 aliphatic heterocycles. The smallest absolute Gasteiger partial charge is 0.407 e. The van der Waals surface area contributed by atoms with Crippen LogP contribution < -0.4 is 15.0 Å². The Morgan fingerprint density at radius 1 is 1.38 bits per heavy atom. The molecule has 0 atom stereocenters. The van der Waals surface area contributed by atoms with Gasteiger partial charge in [-0.05, 0) is 17.1 Å². The van der Waals surface area contributed by atoms with Gasteiger partial charge in [-0.1, -0.05) is 0 Å². The van der Waals surface area contributed by atoms with Crippen LogP contribution in [0.3, 0.4) is 0 Å². The van der Waals surface area contributed by atoms with Gasteiger partial charge < -0.3 is 14.9 Å². The zero-order valence-corrected chi connectivity index (χ0v) is 11.6. The van der Waals surface area contributed by atoms with Crippen molar-refractivity contribution in [2.45, 2.75) is 0 Å². The summed E-state index contributed by atoms with van der Waals surface area (Å²) in [5.41, 5.74) is 0.420. The second-order valence-electron chi connectivity index (χ2n) is 5.00. The number of carboxylic acid groups (broad SMARTS) is 1. The molecule has 0 unspecified atom stereocenters. The van der Waals surface area contributed by atoms with Crippen LogP contribution in [-0.2, 0) is 7.05 Å². The number of piperazine rings is 1. The van der Waals surface area contributed by atoms with Crippen LogP contribution in [0.1, 0.15) is 0 Å². The maximum atomic E-state index is 12.1. The molecule has 1 fully saturated rings. The topological polar surface area (TPSA) is 93.4 Å². The molecule has 0 radical (unpaired) electrons. The minimum atomic E-state index is -0.916. The lowest BCUT2D eigenvalue weighted by molar-refractivity contribution is -0.646. The van der Waals surface area contributed by atoms with E-state index >= 15 is 0 Å². The van der Waals surface area contributed by atoms with Gasteiger partial charge in [0.05, 0.1) is 13.2 Å². The van der Waals surface area contributed by atoms with Crippen molar-refractivity contribution < 1.29 is 14.5 Å². The predicted molar refractivity (Wildman–Crippen MR) is 75.4 cm³/mol. The quantitative estimate of drug-likeness (QED) is 0.694.